The Labute approximate surface area is 284 Å². The molecule has 8 heteroatoms. The van der Waals surface area contributed by atoms with E-state index >= 15 is 0 Å². The van der Waals surface area contributed by atoms with Crippen molar-refractivity contribution in [3.63, 3.8) is 0 Å². The zero-order chi connectivity index (χ0) is 32.5. The Bertz CT molecular complexity index is 1510. The van der Waals surface area contributed by atoms with Crippen molar-refractivity contribution in [3.8, 4) is 0 Å². The van der Waals surface area contributed by atoms with Crippen LogP contribution in [0.15, 0.2) is 78.9 Å². The van der Waals surface area contributed by atoms with Crippen molar-refractivity contribution in [2.24, 2.45) is 17.8 Å². The second-order valence-corrected chi connectivity index (χ2v) is 15.3. The van der Waals surface area contributed by atoms with E-state index in [9.17, 15) is 9.90 Å². The van der Waals surface area contributed by atoms with Crippen LogP contribution in [0.5, 0.6) is 0 Å². The van der Waals surface area contributed by atoms with Gasteiger partial charge in [0, 0.05) is 62.5 Å². The first-order valence-corrected chi connectivity index (χ1v) is 18.2. The number of urea groups is 1. The van der Waals surface area contributed by atoms with Crippen molar-refractivity contribution < 1.29 is 19.4 Å². The molecule has 3 aromatic carbocycles. The zero-order valence-corrected chi connectivity index (χ0v) is 27.9. The fraction of sp³-hybridized carbons (Fsp3) is 0.525. The average Bonchev–Trinajstić information content (AvgIpc) is 3.09. The number of carbonyl (C=O) groups excluding carboxylic acids is 1. The van der Waals surface area contributed by atoms with E-state index in [1.54, 1.807) is 0 Å². The lowest BCUT2D eigenvalue weighted by Crippen LogP contribution is -2.60. The lowest BCUT2D eigenvalue weighted by atomic mass is 9.53. The van der Waals surface area contributed by atoms with Gasteiger partial charge in [-0.05, 0) is 85.1 Å². The molecule has 2 heterocycles. The van der Waals surface area contributed by atoms with Gasteiger partial charge in [-0.1, -0.05) is 66.7 Å². The first-order chi connectivity index (χ1) is 23.5. The van der Waals surface area contributed by atoms with Gasteiger partial charge in [-0.2, -0.15) is 0 Å². The maximum Gasteiger partial charge on any atom is 0.319 e. The predicted octanol–water partition coefficient (Wildman–Crippen LogP) is 6.63. The molecular weight excluding hydrogens is 600 g/mol. The number of amides is 2. The Hall–Kier alpha value is -3.27. The summed E-state index contributed by atoms with van der Waals surface area (Å²) < 4.78 is 13.3. The molecule has 6 fully saturated rings. The summed E-state index contributed by atoms with van der Waals surface area (Å²) in [6, 6.07) is 26.6. The number of piperazine rings is 1. The summed E-state index contributed by atoms with van der Waals surface area (Å²) in [5.41, 5.74) is 4.95. The van der Waals surface area contributed by atoms with E-state index in [0.29, 0.717) is 0 Å². The van der Waals surface area contributed by atoms with Crippen LogP contribution >= 0.6 is 0 Å². The number of aliphatic hydroxyl groups is 1. The first kappa shape index (κ1) is 32.0. The summed E-state index contributed by atoms with van der Waals surface area (Å²) in [6.45, 7) is 5.93. The molecule has 3 atom stereocenters. The van der Waals surface area contributed by atoms with E-state index < -0.39 is 6.29 Å². The van der Waals surface area contributed by atoms with Crippen molar-refractivity contribution in [2.75, 3.05) is 38.0 Å². The Morgan fingerprint density at radius 2 is 1.44 bits per heavy atom. The molecule has 0 unspecified atom stereocenters. The van der Waals surface area contributed by atoms with E-state index in [1.807, 2.05) is 36.4 Å². The van der Waals surface area contributed by atoms with E-state index in [2.05, 4.69) is 62.9 Å². The highest BCUT2D eigenvalue weighted by molar-refractivity contribution is 5.90. The Morgan fingerprint density at radius 1 is 0.750 bits per heavy atom. The van der Waals surface area contributed by atoms with Gasteiger partial charge in [0.2, 0.25) is 0 Å². The normalized spacial score (nSPS) is 31.9. The van der Waals surface area contributed by atoms with Crippen molar-refractivity contribution in [1.29, 1.82) is 0 Å². The van der Waals surface area contributed by atoms with Crippen LogP contribution in [0.3, 0.4) is 0 Å². The monoisotopic (exact) mass is 650 g/mol. The lowest BCUT2D eigenvalue weighted by molar-refractivity contribution is -0.253. The molecule has 0 radical (unpaired) electrons. The highest BCUT2D eigenvalue weighted by Crippen LogP contribution is 2.55. The largest absolute Gasteiger partial charge is 0.392 e. The van der Waals surface area contributed by atoms with Gasteiger partial charge in [0.1, 0.15) is 0 Å². The summed E-state index contributed by atoms with van der Waals surface area (Å²) in [7, 11) is 0. The number of ether oxygens (including phenoxy) is 2. The zero-order valence-electron chi connectivity index (χ0n) is 27.9. The van der Waals surface area contributed by atoms with Crippen molar-refractivity contribution in [1.82, 2.24) is 15.1 Å². The Kier molecular flexibility index (Phi) is 9.27. The van der Waals surface area contributed by atoms with Crippen molar-refractivity contribution >= 4 is 11.7 Å². The number of benzene rings is 3. The van der Waals surface area contributed by atoms with Gasteiger partial charge in [0.15, 0.2) is 6.29 Å². The number of nitrogens with one attached hydrogen (secondary N) is 2. The standard InChI is InChI=1S/C40H50N4O4/c45-27-29-9-11-33(12-10-29)37-21-36(26-44-15-13-43(14-16-44)25-28-5-2-1-3-6-28)47-38(48-37)34-7-4-8-35(20-34)41-39(46)42-40-22-30-17-31(23-40)19-32(18-30)24-40/h1-12,20,30-32,36-38,45H,13-19,21-27H2,(H2,41,42,46)/t30?,31?,32?,36-,37+,38+,40?/m1/s1. The summed E-state index contributed by atoms with van der Waals surface area (Å²) >= 11 is 0. The molecule has 8 nitrogen and oxygen atoms in total. The molecule has 4 saturated carbocycles. The second-order valence-electron chi connectivity index (χ2n) is 15.3. The van der Waals surface area contributed by atoms with Crippen LogP contribution in [-0.2, 0) is 22.6 Å². The fourth-order valence-electron chi connectivity index (χ4n) is 9.72. The molecule has 9 rings (SSSR count). The van der Waals surface area contributed by atoms with Gasteiger partial charge in [-0.25, -0.2) is 4.79 Å². The Balaban J connectivity index is 0.932. The SMILES string of the molecule is O=C(Nc1cccc([C@H]2O[C@@H](CN3CCN(Cc4ccccc4)CC3)C[C@@H](c3ccc(CO)cc3)O2)c1)NC12CC3CC(CC(C3)C1)C2. The van der Waals surface area contributed by atoms with Crippen LogP contribution in [0.1, 0.15) is 79.6 Å². The van der Waals surface area contributed by atoms with E-state index in [4.69, 9.17) is 9.47 Å². The maximum atomic E-state index is 13.4. The number of carbonyl (C=O) groups is 1. The number of nitrogens with zero attached hydrogens (tertiary/aromatic N) is 2. The first-order valence-electron chi connectivity index (χ1n) is 18.2. The number of hydrogen-bond acceptors (Lipinski definition) is 6. The number of rotatable bonds is 9. The van der Waals surface area contributed by atoms with Gasteiger partial charge in [0.25, 0.3) is 0 Å². The molecule has 0 aromatic heterocycles. The molecule has 3 N–H and O–H groups in total. The quantitative estimate of drug-likeness (QED) is 0.241. The fourth-order valence-corrected chi connectivity index (χ4v) is 9.72. The van der Waals surface area contributed by atoms with Gasteiger partial charge < -0.3 is 25.2 Å². The van der Waals surface area contributed by atoms with Crippen molar-refractivity contribution in [3.05, 3.63) is 101 Å². The van der Waals surface area contributed by atoms with Gasteiger partial charge in [-0.15, -0.1) is 0 Å². The van der Waals surface area contributed by atoms with Crippen molar-refractivity contribution in [2.45, 2.75) is 82.1 Å². The molecule has 2 saturated heterocycles. The molecule has 0 spiro atoms. The molecular formula is C40H50N4O4. The molecule has 48 heavy (non-hydrogen) atoms. The van der Waals surface area contributed by atoms with E-state index in [0.717, 1.165) is 105 Å². The number of aliphatic hydroxyl groups excluding tert-OH is 1. The van der Waals surface area contributed by atoms with Gasteiger partial charge >= 0.3 is 6.03 Å². The minimum Gasteiger partial charge on any atom is -0.392 e. The number of anilines is 1. The van der Waals surface area contributed by atoms with E-state index in [-0.39, 0.29) is 30.4 Å². The van der Waals surface area contributed by atoms with Crippen LogP contribution < -0.4 is 10.6 Å². The molecule has 2 aliphatic heterocycles. The van der Waals surface area contributed by atoms with Crippen LogP contribution in [0, 0.1) is 17.8 Å². The average molecular weight is 651 g/mol. The van der Waals surface area contributed by atoms with Crippen LogP contribution in [0.2, 0.25) is 0 Å². The maximum absolute atomic E-state index is 13.4. The van der Waals surface area contributed by atoms with Gasteiger partial charge in [0.05, 0.1) is 18.8 Å². The molecule has 2 amide bonds. The summed E-state index contributed by atoms with van der Waals surface area (Å²) in [4.78, 5) is 18.4. The summed E-state index contributed by atoms with van der Waals surface area (Å²) in [5.74, 6) is 2.33. The highest BCUT2D eigenvalue weighted by Gasteiger charge is 2.51. The Morgan fingerprint density at radius 3 is 2.12 bits per heavy atom. The highest BCUT2D eigenvalue weighted by atomic mass is 16.7. The van der Waals surface area contributed by atoms with E-state index in [1.165, 1.54) is 24.8 Å². The van der Waals surface area contributed by atoms with Crippen LogP contribution in [0.4, 0.5) is 10.5 Å². The predicted molar refractivity (Wildman–Crippen MR) is 186 cm³/mol. The van der Waals surface area contributed by atoms with Crippen LogP contribution in [0.25, 0.3) is 0 Å². The third-order valence-electron chi connectivity index (χ3n) is 11.6. The molecule has 6 aliphatic rings. The molecule has 4 aliphatic carbocycles. The minimum atomic E-state index is -0.557. The molecule has 4 bridgehead atoms. The summed E-state index contributed by atoms with van der Waals surface area (Å²) in [5, 5.41) is 16.2. The third kappa shape index (κ3) is 7.33. The smallest absolute Gasteiger partial charge is 0.319 e. The van der Waals surface area contributed by atoms with Gasteiger partial charge in [-0.3, -0.25) is 9.80 Å². The lowest BCUT2D eigenvalue weighted by Gasteiger charge is -2.56. The molecule has 3 aromatic rings. The topological polar surface area (TPSA) is 86.3 Å². The third-order valence-corrected chi connectivity index (χ3v) is 11.6. The second kappa shape index (κ2) is 13.9. The minimum absolute atomic E-state index is 0.0112. The molecule has 254 valence electrons. The number of hydrogen-bond donors (Lipinski definition) is 3. The summed E-state index contributed by atoms with van der Waals surface area (Å²) in [6.07, 6.45) is 7.47. The van der Waals surface area contributed by atoms with Crippen LogP contribution in [-0.4, -0.2) is 65.3 Å².